The molecule has 1 aromatic carbocycles. The molecule has 1 aromatic rings. The van der Waals surface area contributed by atoms with Crippen LogP contribution in [0.1, 0.15) is 23.7 Å². The molecule has 100 valence electrons. The number of benzene rings is 1. The Hall–Kier alpha value is -1.06. The molecular weight excluding hydrogens is 248 g/mol. The second-order valence-corrected chi connectivity index (χ2v) is 4.99. The lowest BCUT2D eigenvalue weighted by Crippen LogP contribution is -2.27. The van der Waals surface area contributed by atoms with Gasteiger partial charge in [0.15, 0.2) is 6.29 Å². The first-order chi connectivity index (χ1) is 8.58. The third-order valence-corrected chi connectivity index (χ3v) is 3.11. The van der Waals surface area contributed by atoms with Gasteiger partial charge < -0.3 is 9.80 Å². The number of aldehydes is 1. The van der Waals surface area contributed by atoms with E-state index in [1.54, 1.807) is 12.1 Å². The summed E-state index contributed by atoms with van der Waals surface area (Å²) in [6.07, 6.45) is 1.95. The first-order valence-corrected chi connectivity index (χ1v) is 6.60. The number of hydrogen-bond acceptors (Lipinski definition) is 3. The first-order valence-electron chi connectivity index (χ1n) is 6.23. The van der Waals surface area contributed by atoms with Crippen LogP contribution >= 0.6 is 11.6 Å². The average Bonchev–Trinajstić information content (AvgIpc) is 2.34. The van der Waals surface area contributed by atoms with E-state index in [-0.39, 0.29) is 0 Å². The molecule has 0 atom stereocenters. The molecule has 0 fully saturated rings. The Bertz CT molecular complexity index is 393. The van der Waals surface area contributed by atoms with Crippen LogP contribution in [0.2, 0.25) is 5.02 Å². The van der Waals surface area contributed by atoms with Gasteiger partial charge in [0, 0.05) is 29.4 Å². The molecule has 4 heteroatoms. The molecule has 0 bridgehead atoms. The Balaban J connectivity index is 2.80. The molecule has 0 aliphatic carbocycles. The van der Waals surface area contributed by atoms with Crippen molar-refractivity contribution in [3.8, 4) is 0 Å². The highest BCUT2D eigenvalue weighted by atomic mass is 35.5. The summed E-state index contributed by atoms with van der Waals surface area (Å²) < 4.78 is 0. The van der Waals surface area contributed by atoms with Crippen molar-refractivity contribution in [1.29, 1.82) is 0 Å². The van der Waals surface area contributed by atoms with Gasteiger partial charge in [0.1, 0.15) is 0 Å². The van der Waals surface area contributed by atoms with Crippen molar-refractivity contribution in [3.05, 3.63) is 28.8 Å². The van der Waals surface area contributed by atoms with E-state index in [0.717, 1.165) is 38.0 Å². The van der Waals surface area contributed by atoms with Crippen molar-refractivity contribution in [1.82, 2.24) is 4.90 Å². The lowest BCUT2D eigenvalue weighted by Gasteiger charge is -2.25. The minimum atomic E-state index is 0.668. The smallest absolute Gasteiger partial charge is 0.152 e. The Labute approximate surface area is 114 Å². The number of halogens is 1. The predicted octanol–water partition coefficient (Wildman–Crippen LogP) is 2.93. The molecule has 0 aliphatic rings. The van der Waals surface area contributed by atoms with Crippen molar-refractivity contribution in [2.24, 2.45) is 0 Å². The van der Waals surface area contributed by atoms with Gasteiger partial charge in [0.2, 0.25) is 0 Å². The van der Waals surface area contributed by atoms with Crippen molar-refractivity contribution in [3.63, 3.8) is 0 Å². The number of carbonyl (C=O) groups excluding carboxylic acids is 1. The van der Waals surface area contributed by atoms with Crippen LogP contribution in [0.4, 0.5) is 5.69 Å². The third-order valence-electron chi connectivity index (χ3n) is 2.88. The zero-order chi connectivity index (χ0) is 13.5. The number of hydrogen-bond donors (Lipinski definition) is 0. The zero-order valence-electron chi connectivity index (χ0n) is 11.3. The summed E-state index contributed by atoms with van der Waals surface area (Å²) in [4.78, 5) is 15.4. The molecule has 18 heavy (non-hydrogen) atoms. The van der Waals surface area contributed by atoms with E-state index in [9.17, 15) is 4.79 Å². The third kappa shape index (κ3) is 4.31. The van der Waals surface area contributed by atoms with Crippen molar-refractivity contribution < 1.29 is 4.79 Å². The van der Waals surface area contributed by atoms with Crippen LogP contribution in [-0.2, 0) is 0 Å². The largest absolute Gasteiger partial charge is 0.371 e. The number of carbonyl (C=O) groups is 1. The van der Waals surface area contributed by atoms with Crippen molar-refractivity contribution >= 4 is 23.6 Å². The van der Waals surface area contributed by atoms with Gasteiger partial charge >= 0.3 is 0 Å². The monoisotopic (exact) mass is 268 g/mol. The molecule has 0 N–H and O–H groups in total. The van der Waals surface area contributed by atoms with Gasteiger partial charge in [-0.25, -0.2) is 0 Å². The van der Waals surface area contributed by atoms with Crippen LogP contribution < -0.4 is 4.90 Å². The molecule has 3 nitrogen and oxygen atoms in total. The summed E-state index contributed by atoms with van der Waals surface area (Å²) in [5.41, 5.74) is 1.63. The fourth-order valence-corrected chi connectivity index (χ4v) is 2.08. The zero-order valence-corrected chi connectivity index (χ0v) is 12.1. The summed E-state index contributed by atoms with van der Waals surface area (Å²) >= 11 is 6.01. The van der Waals surface area contributed by atoms with Crippen molar-refractivity contribution in [2.75, 3.05) is 38.6 Å². The highest BCUT2D eigenvalue weighted by Gasteiger charge is 2.10. The van der Waals surface area contributed by atoms with Crippen LogP contribution in [0.15, 0.2) is 18.2 Å². The minimum absolute atomic E-state index is 0.668. The van der Waals surface area contributed by atoms with Gasteiger partial charge in [-0.1, -0.05) is 11.6 Å². The Kier molecular flexibility index (Phi) is 6.16. The summed E-state index contributed by atoms with van der Waals surface area (Å²) in [5.74, 6) is 0. The molecule has 1 rings (SSSR count). The molecule has 0 radical (unpaired) electrons. The van der Waals surface area contributed by atoms with E-state index >= 15 is 0 Å². The van der Waals surface area contributed by atoms with Gasteiger partial charge in [-0.15, -0.1) is 0 Å². The van der Waals surface area contributed by atoms with Gasteiger partial charge in [0.25, 0.3) is 0 Å². The molecule has 0 saturated heterocycles. The van der Waals surface area contributed by atoms with Crippen LogP contribution in [0.5, 0.6) is 0 Å². The van der Waals surface area contributed by atoms with Gasteiger partial charge in [-0.05, 0) is 52.2 Å². The molecule has 0 heterocycles. The minimum Gasteiger partial charge on any atom is -0.371 e. The maximum atomic E-state index is 11.1. The molecule has 0 aliphatic heterocycles. The van der Waals surface area contributed by atoms with E-state index in [4.69, 9.17) is 11.6 Å². The summed E-state index contributed by atoms with van der Waals surface area (Å²) in [6.45, 7) is 4.92. The lowest BCUT2D eigenvalue weighted by atomic mass is 10.1. The van der Waals surface area contributed by atoms with Crippen LogP contribution in [0, 0.1) is 0 Å². The second-order valence-electron chi connectivity index (χ2n) is 4.56. The lowest BCUT2D eigenvalue weighted by molar-refractivity contribution is 0.112. The maximum Gasteiger partial charge on any atom is 0.152 e. The van der Waals surface area contributed by atoms with Crippen LogP contribution in [0.3, 0.4) is 0 Å². The fraction of sp³-hybridized carbons (Fsp3) is 0.500. The Morgan fingerprint density at radius 2 is 2.00 bits per heavy atom. The van der Waals surface area contributed by atoms with Gasteiger partial charge in [-0.3, -0.25) is 4.79 Å². The number of rotatable bonds is 7. The summed E-state index contributed by atoms with van der Waals surface area (Å²) in [6, 6.07) is 5.40. The first kappa shape index (κ1) is 15.0. The van der Waals surface area contributed by atoms with E-state index < -0.39 is 0 Å². The van der Waals surface area contributed by atoms with E-state index in [1.165, 1.54) is 0 Å². The number of anilines is 1. The topological polar surface area (TPSA) is 23.6 Å². The standard InChI is InChI=1S/C14H21ClN2O/c1-4-17(9-5-8-16(2)3)14-10-13(15)7-6-12(14)11-18/h6-7,10-11H,4-5,8-9H2,1-3H3. The molecule has 0 aromatic heterocycles. The number of nitrogens with zero attached hydrogens (tertiary/aromatic N) is 2. The van der Waals surface area contributed by atoms with Crippen LogP contribution in [-0.4, -0.2) is 44.9 Å². The highest BCUT2D eigenvalue weighted by molar-refractivity contribution is 6.31. The van der Waals surface area contributed by atoms with E-state index in [0.29, 0.717) is 10.6 Å². The predicted molar refractivity (Wildman–Crippen MR) is 77.9 cm³/mol. The molecule has 0 unspecified atom stereocenters. The molecular formula is C14H21ClN2O. The van der Waals surface area contributed by atoms with Crippen molar-refractivity contribution in [2.45, 2.75) is 13.3 Å². The quantitative estimate of drug-likeness (QED) is 0.711. The summed E-state index contributed by atoms with van der Waals surface area (Å²) in [5, 5.41) is 0.668. The van der Waals surface area contributed by atoms with Gasteiger partial charge in [-0.2, -0.15) is 0 Å². The van der Waals surface area contributed by atoms with E-state index in [1.807, 2.05) is 6.07 Å². The normalized spacial score (nSPS) is 10.7. The molecule has 0 amide bonds. The second kappa shape index (κ2) is 7.39. The highest BCUT2D eigenvalue weighted by Crippen LogP contribution is 2.23. The van der Waals surface area contributed by atoms with Crippen LogP contribution in [0.25, 0.3) is 0 Å². The fourth-order valence-electron chi connectivity index (χ4n) is 1.92. The maximum absolute atomic E-state index is 11.1. The average molecular weight is 269 g/mol. The Morgan fingerprint density at radius 1 is 1.28 bits per heavy atom. The van der Waals surface area contributed by atoms with E-state index in [2.05, 4.69) is 30.8 Å². The molecule has 0 spiro atoms. The SMILES string of the molecule is CCN(CCCN(C)C)c1cc(Cl)ccc1C=O. The summed E-state index contributed by atoms with van der Waals surface area (Å²) in [7, 11) is 4.12. The Morgan fingerprint density at radius 3 is 2.56 bits per heavy atom. The molecule has 0 saturated carbocycles. The van der Waals surface area contributed by atoms with Gasteiger partial charge in [0.05, 0.1) is 0 Å².